The Morgan fingerprint density at radius 2 is 1.40 bits per heavy atom. The fourth-order valence-corrected chi connectivity index (χ4v) is 2.68. The van der Waals surface area contributed by atoms with E-state index in [4.69, 9.17) is 0 Å². The van der Waals surface area contributed by atoms with Crippen LogP contribution in [0.5, 0.6) is 0 Å². The molecule has 20 heavy (non-hydrogen) atoms. The lowest BCUT2D eigenvalue weighted by molar-refractivity contribution is 1.21. The molecule has 0 aliphatic carbocycles. The lowest BCUT2D eigenvalue weighted by Gasteiger charge is -2.19. The van der Waals surface area contributed by atoms with E-state index in [-0.39, 0.29) is 0 Å². The monoisotopic (exact) mass is 257 g/mol. The second kappa shape index (κ2) is 5.34. The summed E-state index contributed by atoms with van der Waals surface area (Å²) in [6.45, 7) is 6.25. The second-order valence-corrected chi connectivity index (χ2v) is 5.05. The quantitative estimate of drug-likeness (QED) is 0.590. The smallest absolute Gasteiger partial charge is 0.0586 e. The highest BCUT2D eigenvalue weighted by molar-refractivity contribution is 5.89. The molecule has 0 fully saturated rings. The molecule has 0 heterocycles. The summed E-state index contributed by atoms with van der Waals surface area (Å²) < 4.78 is 0. The van der Waals surface area contributed by atoms with Crippen molar-refractivity contribution in [2.75, 3.05) is 0 Å². The Kier molecular flexibility index (Phi) is 3.39. The molecule has 97 valence electrons. The molecule has 0 spiro atoms. The van der Waals surface area contributed by atoms with Crippen molar-refractivity contribution in [2.45, 2.75) is 6.92 Å². The standard InChI is InChI=1S/C20H17/c1-15(2)20(17-10-4-3-5-11-17)19-14-8-12-16-9-6-7-13-18(16)19/h3-14H,1H2,2H3. The minimum Gasteiger partial charge on any atom is -0.0989 e. The molecule has 0 aliphatic heterocycles. The minimum atomic E-state index is 1.09. The van der Waals surface area contributed by atoms with Crippen LogP contribution in [0.25, 0.3) is 10.8 Å². The first-order chi connectivity index (χ1) is 9.77. The van der Waals surface area contributed by atoms with Gasteiger partial charge in [0.05, 0.1) is 5.92 Å². The zero-order valence-corrected chi connectivity index (χ0v) is 11.6. The van der Waals surface area contributed by atoms with Gasteiger partial charge >= 0.3 is 0 Å². The SMILES string of the molecule is C=C(C)[C](c1ccccc1)c1cccc2ccccc12. The topological polar surface area (TPSA) is 0 Å². The summed E-state index contributed by atoms with van der Waals surface area (Å²) in [5.41, 5.74) is 3.56. The fraction of sp³-hybridized carbons (Fsp3) is 0.0500. The number of allylic oxidation sites excluding steroid dienone is 1. The highest BCUT2D eigenvalue weighted by Gasteiger charge is 2.17. The van der Waals surface area contributed by atoms with Gasteiger partial charge in [-0.05, 0) is 28.8 Å². The summed E-state index contributed by atoms with van der Waals surface area (Å²) in [6, 6.07) is 25.4. The second-order valence-electron chi connectivity index (χ2n) is 5.05. The van der Waals surface area contributed by atoms with Crippen LogP contribution in [0, 0.1) is 5.92 Å². The molecule has 0 aliphatic rings. The molecule has 0 N–H and O–H groups in total. The van der Waals surface area contributed by atoms with E-state index in [0.717, 1.165) is 5.57 Å². The number of hydrogen-bond acceptors (Lipinski definition) is 0. The van der Waals surface area contributed by atoms with Crippen LogP contribution in [0.2, 0.25) is 0 Å². The van der Waals surface area contributed by atoms with Gasteiger partial charge in [-0.2, -0.15) is 0 Å². The van der Waals surface area contributed by atoms with Gasteiger partial charge in [-0.1, -0.05) is 84.9 Å². The molecular formula is C20H17. The van der Waals surface area contributed by atoms with Gasteiger partial charge in [0, 0.05) is 0 Å². The van der Waals surface area contributed by atoms with Crippen LogP contribution >= 0.6 is 0 Å². The molecule has 0 heteroatoms. The summed E-state index contributed by atoms with van der Waals surface area (Å²) >= 11 is 0. The highest BCUT2D eigenvalue weighted by Crippen LogP contribution is 2.34. The van der Waals surface area contributed by atoms with Gasteiger partial charge in [0.15, 0.2) is 0 Å². The summed E-state index contributed by atoms with van der Waals surface area (Å²) in [7, 11) is 0. The lowest BCUT2D eigenvalue weighted by Crippen LogP contribution is -2.03. The molecule has 0 saturated heterocycles. The molecule has 0 bridgehead atoms. The van der Waals surface area contributed by atoms with Gasteiger partial charge in [-0.25, -0.2) is 0 Å². The number of benzene rings is 3. The maximum absolute atomic E-state index is 4.18. The van der Waals surface area contributed by atoms with Gasteiger partial charge in [0.1, 0.15) is 0 Å². The van der Waals surface area contributed by atoms with Crippen molar-refractivity contribution in [1.29, 1.82) is 0 Å². The molecule has 0 atom stereocenters. The summed E-state index contributed by atoms with van der Waals surface area (Å²) in [5, 5.41) is 2.54. The lowest BCUT2D eigenvalue weighted by atomic mass is 9.84. The van der Waals surface area contributed by atoms with Crippen LogP contribution < -0.4 is 0 Å². The van der Waals surface area contributed by atoms with E-state index >= 15 is 0 Å². The fourth-order valence-electron chi connectivity index (χ4n) is 2.68. The third kappa shape index (κ3) is 2.25. The predicted octanol–water partition coefficient (Wildman–Crippen LogP) is 5.39. The van der Waals surface area contributed by atoms with Crippen molar-refractivity contribution in [1.82, 2.24) is 0 Å². The predicted molar refractivity (Wildman–Crippen MR) is 86.7 cm³/mol. The van der Waals surface area contributed by atoms with Gasteiger partial charge in [0.25, 0.3) is 0 Å². The van der Waals surface area contributed by atoms with Gasteiger partial charge in [0.2, 0.25) is 0 Å². The van der Waals surface area contributed by atoms with Crippen molar-refractivity contribution < 1.29 is 0 Å². The molecule has 0 aromatic heterocycles. The van der Waals surface area contributed by atoms with Gasteiger partial charge < -0.3 is 0 Å². The first kappa shape index (κ1) is 12.7. The molecule has 3 aromatic carbocycles. The van der Waals surface area contributed by atoms with E-state index in [0.29, 0.717) is 0 Å². The van der Waals surface area contributed by atoms with Crippen molar-refractivity contribution in [3.05, 3.63) is 102 Å². The van der Waals surface area contributed by atoms with E-state index in [1.165, 1.54) is 27.8 Å². The van der Waals surface area contributed by atoms with Crippen LogP contribution in [0.1, 0.15) is 18.1 Å². The number of hydrogen-bond donors (Lipinski definition) is 0. The number of rotatable bonds is 3. The third-order valence-corrected chi connectivity index (χ3v) is 3.55. The van der Waals surface area contributed by atoms with Crippen LogP contribution in [-0.4, -0.2) is 0 Å². The van der Waals surface area contributed by atoms with E-state index < -0.39 is 0 Å². The van der Waals surface area contributed by atoms with Gasteiger partial charge in [-0.3, -0.25) is 0 Å². The molecule has 0 nitrogen and oxygen atoms in total. The maximum Gasteiger partial charge on any atom is 0.0586 e. The van der Waals surface area contributed by atoms with Crippen LogP contribution in [0.3, 0.4) is 0 Å². The average Bonchev–Trinajstić information content (AvgIpc) is 2.48. The van der Waals surface area contributed by atoms with Crippen LogP contribution in [0.4, 0.5) is 0 Å². The average molecular weight is 257 g/mol. The zero-order chi connectivity index (χ0) is 13.9. The van der Waals surface area contributed by atoms with E-state index in [9.17, 15) is 0 Å². The molecule has 0 amide bonds. The minimum absolute atomic E-state index is 1.09. The molecular weight excluding hydrogens is 240 g/mol. The molecule has 0 unspecified atom stereocenters. The Balaban J connectivity index is 2.23. The largest absolute Gasteiger partial charge is 0.0989 e. The van der Waals surface area contributed by atoms with Crippen molar-refractivity contribution in [3.63, 3.8) is 0 Å². The molecule has 0 saturated carbocycles. The van der Waals surface area contributed by atoms with Crippen LogP contribution in [0.15, 0.2) is 84.9 Å². The zero-order valence-electron chi connectivity index (χ0n) is 11.6. The first-order valence-corrected chi connectivity index (χ1v) is 6.84. The molecule has 1 radical (unpaired) electrons. The van der Waals surface area contributed by atoms with Gasteiger partial charge in [-0.15, -0.1) is 0 Å². The third-order valence-electron chi connectivity index (χ3n) is 3.55. The van der Waals surface area contributed by atoms with Crippen molar-refractivity contribution in [2.24, 2.45) is 0 Å². The van der Waals surface area contributed by atoms with Crippen molar-refractivity contribution >= 4 is 10.8 Å². The summed E-state index contributed by atoms with van der Waals surface area (Å²) in [6.07, 6.45) is 0. The maximum atomic E-state index is 4.18. The Morgan fingerprint density at radius 1 is 0.750 bits per heavy atom. The molecule has 3 rings (SSSR count). The Hall–Kier alpha value is -2.34. The van der Waals surface area contributed by atoms with E-state index in [1.807, 2.05) is 6.07 Å². The summed E-state index contributed by atoms with van der Waals surface area (Å²) in [5.74, 6) is 1.22. The Bertz CT molecular complexity index is 733. The Labute approximate surface area is 120 Å². The van der Waals surface area contributed by atoms with Crippen molar-refractivity contribution in [3.8, 4) is 0 Å². The number of fused-ring (bicyclic) bond motifs is 1. The summed E-state index contributed by atoms with van der Waals surface area (Å²) in [4.78, 5) is 0. The van der Waals surface area contributed by atoms with Crippen LogP contribution in [-0.2, 0) is 0 Å². The normalized spacial score (nSPS) is 10.9. The highest BCUT2D eigenvalue weighted by atomic mass is 14.2. The Morgan fingerprint density at radius 3 is 2.15 bits per heavy atom. The van der Waals surface area contributed by atoms with E-state index in [1.54, 1.807) is 0 Å². The first-order valence-electron chi connectivity index (χ1n) is 6.84. The molecule has 3 aromatic rings. The van der Waals surface area contributed by atoms with E-state index in [2.05, 4.69) is 80.2 Å².